The van der Waals surface area contributed by atoms with Crippen LogP contribution in [0, 0.1) is 6.92 Å². The Hall–Kier alpha value is -2.16. The summed E-state index contributed by atoms with van der Waals surface area (Å²) in [5.41, 5.74) is 8.54. The van der Waals surface area contributed by atoms with Crippen LogP contribution in [0.1, 0.15) is 21.5 Å². The molecule has 3 heteroatoms. The Labute approximate surface area is 93.9 Å². The molecule has 0 atom stereocenters. The molecule has 0 spiro atoms. The molecule has 1 aromatic carbocycles. The minimum absolute atomic E-state index is 0.0298. The number of anilines is 1. The molecular weight excluding hydrogens is 200 g/mol. The molecule has 2 aromatic rings. The summed E-state index contributed by atoms with van der Waals surface area (Å²) >= 11 is 0. The van der Waals surface area contributed by atoms with Crippen LogP contribution in [-0.2, 0) is 0 Å². The van der Waals surface area contributed by atoms with E-state index in [4.69, 9.17) is 5.73 Å². The van der Waals surface area contributed by atoms with Crippen LogP contribution in [0.3, 0.4) is 0 Å². The van der Waals surface area contributed by atoms with Gasteiger partial charge in [-0.2, -0.15) is 0 Å². The minimum Gasteiger partial charge on any atom is -0.399 e. The number of nitrogens with zero attached hydrogens (tertiary/aromatic N) is 1. The molecule has 0 aliphatic carbocycles. The highest BCUT2D eigenvalue weighted by Gasteiger charge is 2.09. The lowest BCUT2D eigenvalue weighted by Crippen LogP contribution is -2.02. The van der Waals surface area contributed by atoms with E-state index in [-0.39, 0.29) is 5.78 Å². The lowest BCUT2D eigenvalue weighted by molar-refractivity contribution is 0.103. The van der Waals surface area contributed by atoms with Gasteiger partial charge in [-0.05, 0) is 42.8 Å². The van der Waals surface area contributed by atoms with E-state index in [1.165, 1.54) is 0 Å². The Bertz CT molecular complexity index is 500. The number of benzene rings is 1. The second-order valence-corrected chi connectivity index (χ2v) is 3.70. The van der Waals surface area contributed by atoms with E-state index < -0.39 is 0 Å². The van der Waals surface area contributed by atoms with Crippen LogP contribution in [0.4, 0.5) is 5.69 Å². The molecule has 1 heterocycles. The summed E-state index contributed by atoms with van der Waals surface area (Å²) in [6, 6.07) is 8.75. The zero-order valence-corrected chi connectivity index (χ0v) is 8.97. The van der Waals surface area contributed by atoms with Crippen molar-refractivity contribution in [1.82, 2.24) is 4.98 Å². The Morgan fingerprint density at radius 2 is 1.81 bits per heavy atom. The van der Waals surface area contributed by atoms with Crippen LogP contribution in [0.5, 0.6) is 0 Å². The largest absolute Gasteiger partial charge is 0.399 e. The van der Waals surface area contributed by atoms with E-state index in [9.17, 15) is 4.79 Å². The number of pyridine rings is 1. The first-order valence-electron chi connectivity index (χ1n) is 4.99. The molecule has 2 N–H and O–H groups in total. The lowest BCUT2D eigenvalue weighted by Gasteiger charge is -2.03. The van der Waals surface area contributed by atoms with Gasteiger partial charge in [0.15, 0.2) is 5.78 Å². The third-order valence-electron chi connectivity index (χ3n) is 2.30. The van der Waals surface area contributed by atoms with Crippen LogP contribution < -0.4 is 5.73 Å². The number of nitrogen functional groups attached to an aromatic ring is 1. The van der Waals surface area contributed by atoms with Crippen LogP contribution in [0.2, 0.25) is 0 Å². The molecule has 0 aliphatic rings. The summed E-state index contributed by atoms with van der Waals surface area (Å²) in [6.45, 7) is 1.92. The third kappa shape index (κ3) is 2.08. The summed E-state index contributed by atoms with van der Waals surface area (Å²) in [7, 11) is 0. The van der Waals surface area contributed by atoms with Gasteiger partial charge in [0.1, 0.15) is 0 Å². The zero-order valence-electron chi connectivity index (χ0n) is 8.97. The first kappa shape index (κ1) is 10.4. The molecule has 0 bridgehead atoms. The molecule has 0 saturated carbocycles. The van der Waals surface area contributed by atoms with Crippen molar-refractivity contribution in [2.45, 2.75) is 6.92 Å². The van der Waals surface area contributed by atoms with Gasteiger partial charge < -0.3 is 5.73 Å². The van der Waals surface area contributed by atoms with Crippen molar-refractivity contribution in [3.63, 3.8) is 0 Å². The van der Waals surface area contributed by atoms with E-state index >= 15 is 0 Å². The van der Waals surface area contributed by atoms with Gasteiger partial charge in [-0.3, -0.25) is 9.78 Å². The first-order valence-corrected chi connectivity index (χ1v) is 4.99. The smallest absolute Gasteiger partial charge is 0.193 e. The second-order valence-electron chi connectivity index (χ2n) is 3.70. The van der Waals surface area contributed by atoms with Gasteiger partial charge >= 0.3 is 0 Å². The molecule has 0 fully saturated rings. The van der Waals surface area contributed by atoms with Crippen molar-refractivity contribution >= 4 is 11.5 Å². The highest BCUT2D eigenvalue weighted by molar-refractivity contribution is 6.09. The topological polar surface area (TPSA) is 56.0 Å². The summed E-state index contributed by atoms with van der Waals surface area (Å²) < 4.78 is 0. The highest BCUT2D eigenvalue weighted by atomic mass is 16.1. The fraction of sp³-hybridized carbons (Fsp3) is 0.0769. The number of aromatic nitrogens is 1. The maximum Gasteiger partial charge on any atom is 0.193 e. The Morgan fingerprint density at radius 1 is 1.12 bits per heavy atom. The first-order chi connectivity index (χ1) is 7.66. The quantitative estimate of drug-likeness (QED) is 0.613. The van der Waals surface area contributed by atoms with E-state index in [2.05, 4.69) is 4.98 Å². The number of hydrogen-bond acceptors (Lipinski definition) is 3. The Balaban J connectivity index is 2.42. The maximum absolute atomic E-state index is 12.1. The summed E-state index contributed by atoms with van der Waals surface area (Å²) in [5.74, 6) is -0.0298. The Morgan fingerprint density at radius 3 is 2.44 bits per heavy atom. The number of aryl methyl sites for hydroxylation is 1. The van der Waals surface area contributed by atoms with Gasteiger partial charge in [0.2, 0.25) is 0 Å². The normalized spacial score (nSPS) is 10.1. The van der Waals surface area contributed by atoms with Gasteiger partial charge in [-0.1, -0.05) is 0 Å². The molecule has 0 amide bonds. The third-order valence-corrected chi connectivity index (χ3v) is 2.30. The van der Waals surface area contributed by atoms with Crippen LogP contribution in [0.25, 0.3) is 0 Å². The van der Waals surface area contributed by atoms with Crippen molar-refractivity contribution in [1.29, 1.82) is 0 Å². The van der Waals surface area contributed by atoms with Crippen LogP contribution >= 0.6 is 0 Å². The Kier molecular flexibility index (Phi) is 2.68. The van der Waals surface area contributed by atoms with E-state index in [0.717, 1.165) is 5.56 Å². The molecule has 80 valence electrons. The number of hydrogen-bond donors (Lipinski definition) is 1. The van der Waals surface area contributed by atoms with Gasteiger partial charge in [-0.25, -0.2) is 0 Å². The predicted molar refractivity (Wildman–Crippen MR) is 63.3 cm³/mol. The molecule has 0 unspecified atom stereocenters. The van der Waals surface area contributed by atoms with Crippen molar-refractivity contribution < 1.29 is 4.79 Å². The van der Waals surface area contributed by atoms with Crippen molar-refractivity contribution in [3.05, 3.63) is 59.4 Å². The standard InChI is InChI=1S/C13H12N2O/c1-9-6-11(8-12(14)7-9)13(16)10-2-4-15-5-3-10/h2-8H,14H2,1H3. The van der Waals surface area contributed by atoms with E-state index in [1.807, 2.05) is 19.1 Å². The van der Waals surface area contributed by atoms with Gasteiger partial charge in [0, 0.05) is 29.2 Å². The lowest BCUT2D eigenvalue weighted by atomic mass is 10.0. The van der Waals surface area contributed by atoms with Gasteiger partial charge in [0.25, 0.3) is 0 Å². The molecule has 3 nitrogen and oxygen atoms in total. The SMILES string of the molecule is Cc1cc(N)cc(C(=O)c2ccncc2)c1. The van der Waals surface area contributed by atoms with Gasteiger partial charge in [0.05, 0.1) is 0 Å². The molecule has 1 aromatic heterocycles. The summed E-state index contributed by atoms with van der Waals surface area (Å²) in [4.78, 5) is 15.9. The number of carbonyl (C=O) groups is 1. The molecule has 0 aliphatic heterocycles. The van der Waals surface area contributed by atoms with E-state index in [1.54, 1.807) is 30.6 Å². The molecular formula is C13H12N2O. The molecule has 0 saturated heterocycles. The van der Waals surface area contributed by atoms with Crippen molar-refractivity contribution in [3.8, 4) is 0 Å². The number of ketones is 1. The van der Waals surface area contributed by atoms with Crippen molar-refractivity contribution in [2.75, 3.05) is 5.73 Å². The number of rotatable bonds is 2. The second kappa shape index (κ2) is 4.14. The zero-order chi connectivity index (χ0) is 11.5. The predicted octanol–water partition coefficient (Wildman–Crippen LogP) is 2.20. The fourth-order valence-electron chi connectivity index (χ4n) is 1.61. The van der Waals surface area contributed by atoms with Crippen LogP contribution in [-0.4, -0.2) is 10.8 Å². The minimum atomic E-state index is -0.0298. The monoisotopic (exact) mass is 212 g/mol. The van der Waals surface area contributed by atoms with Gasteiger partial charge in [-0.15, -0.1) is 0 Å². The summed E-state index contributed by atoms with van der Waals surface area (Å²) in [5, 5.41) is 0. The summed E-state index contributed by atoms with van der Waals surface area (Å²) in [6.07, 6.45) is 3.21. The molecule has 16 heavy (non-hydrogen) atoms. The number of nitrogens with two attached hydrogens (primary N) is 1. The van der Waals surface area contributed by atoms with Crippen LogP contribution in [0.15, 0.2) is 42.7 Å². The molecule has 0 radical (unpaired) electrons. The average Bonchev–Trinajstić information content (AvgIpc) is 2.28. The maximum atomic E-state index is 12.1. The average molecular weight is 212 g/mol. The van der Waals surface area contributed by atoms with Crippen molar-refractivity contribution in [2.24, 2.45) is 0 Å². The highest BCUT2D eigenvalue weighted by Crippen LogP contribution is 2.15. The molecule has 2 rings (SSSR count). The number of carbonyl (C=O) groups excluding carboxylic acids is 1. The fourth-order valence-corrected chi connectivity index (χ4v) is 1.61. The van der Waals surface area contributed by atoms with E-state index in [0.29, 0.717) is 16.8 Å².